The number of hydrogen-bond acceptors (Lipinski definition) is 4. The molecule has 0 aliphatic carbocycles. The lowest BCUT2D eigenvalue weighted by Gasteiger charge is -2.23. The molecule has 7 heteroatoms. The zero-order valence-electron chi connectivity index (χ0n) is 10.2. The lowest BCUT2D eigenvalue weighted by Crippen LogP contribution is -2.30. The van der Waals surface area contributed by atoms with E-state index in [4.69, 9.17) is 0 Å². The van der Waals surface area contributed by atoms with Crippen LogP contribution in [0.15, 0.2) is 23.0 Å². The summed E-state index contributed by atoms with van der Waals surface area (Å²) < 4.78 is 24.5. The molecule has 1 aliphatic rings. The van der Waals surface area contributed by atoms with Crippen LogP contribution in [-0.2, 0) is 9.84 Å². The smallest absolute Gasteiger partial charge is 0.326 e. The number of benzene rings is 1. The zero-order valence-corrected chi connectivity index (χ0v) is 11.0. The van der Waals surface area contributed by atoms with Gasteiger partial charge in [-0.2, -0.15) is 0 Å². The summed E-state index contributed by atoms with van der Waals surface area (Å²) in [5.74, 6) is 0.330. The predicted octanol–water partition coefficient (Wildman–Crippen LogP) is 0.785. The summed E-state index contributed by atoms with van der Waals surface area (Å²) in [5, 5.41) is 9.40. The van der Waals surface area contributed by atoms with E-state index in [1.165, 1.54) is 12.1 Å². The topological polar surface area (TPSA) is 92.2 Å². The van der Waals surface area contributed by atoms with E-state index in [-0.39, 0.29) is 29.0 Å². The van der Waals surface area contributed by atoms with E-state index in [1.807, 2.05) is 0 Å². The third-order valence-corrected chi connectivity index (χ3v) is 5.30. The van der Waals surface area contributed by atoms with Gasteiger partial charge in [-0.15, -0.1) is 0 Å². The van der Waals surface area contributed by atoms with Crippen LogP contribution in [0.4, 0.5) is 0 Å². The second kappa shape index (κ2) is 4.12. The average molecular weight is 282 g/mol. The molecule has 0 bridgehead atoms. The molecule has 0 unspecified atom stereocenters. The van der Waals surface area contributed by atoms with Gasteiger partial charge in [-0.1, -0.05) is 0 Å². The van der Waals surface area contributed by atoms with Crippen LogP contribution in [0, 0.1) is 0 Å². The van der Waals surface area contributed by atoms with E-state index in [0.29, 0.717) is 23.9 Å². The fourth-order valence-corrected chi connectivity index (χ4v) is 4.08. The molecule has 0 spiro atoms. The summed E-state index contributed by atoms with van der Waals surface area (Å²) in [6.45, 7) is 0. The fraction of sp³-hybridized carbons (Fsp3) is 0.417. The van der Waals surface area contributed by atoms with E-state index in [9.17, 15) is 18.3 Å². The van der Waals surface area contributed by atoms with Gasteiger partial charge in [0.25, 0.3) is 0 Å². The number of hydrogen-bond donors (Lipinski definition) is 2. The van der Waals surface area contributed by atoms with Crippen molar-refractivity contribution in [3.63, 3.8) is 0 Å². The van der Waals surface area contributed by atoms with Gasteiger partial charge in [-0.3, -0.25) is 4.57 Å². The van der Waals surface area contributed by atoms with Crippen LogP contribution in [0.2, 0.25) is 0 Å². The maximum atomic E-state index is 12.0. The van der Waals surface area contributed by atoms with E-state index in [1.54, 1.807) is 10.6 Å². The Labute approximate surface area is 109 Å². The van der Waals surface area contributed by atoms with Crippen LogP contribution in [0.25, 0.3) is 11.0 Å². The van der Waals surface area contributed by atoms with Crippen molar-refractivity contribution >= 4 is 20.9 Å². The molecular weight excluding hydrogens is 268 g/mol. The van der Waals surface area contributed by atoms with Crippen molar-refractivity contribution in [2.45, 2.75) is 18.9 Å². The van der Waals surface area contributed by atoms with Gasteiger partial charge in [0.15, 0.2) is 0 Å². The van der Waals surface area contributed by atoms with E-state index in [0.717, 1.165) is 0 Å². The van der Waals surface area contributed by atoms with E-state index in [2.05, 4.69) is 4.98 Å². The molecule has 0 radical (unpaired) electrons. The highest BCUT2D eigenvalue weighted by Crippen LogP contribution is 2.27. The van der Waals surface area contributed by atoms with Crippen LogP contribution in [0.3, 0.4) is 0 Å². The second-order valence-electron chi connectivity index (χ2n) is 4.88. The Balaban J connectivity index is 2.06. The Morgan fingerprint density at radius 3 is 2.63 bits per heavy atom. The molecular formula is C12H14N2O4S. The fourth-order valence-electron chi connectivity index (χ4n) is 2.62. The number of fused-ring (bicyclic) bond motifs is 1. The van der Waals surface area contributed by atoms with Crippen LogP contribution in [0.5, 0.6) is 5.75 Å². The Morgan fingerprint density at radius 2 is 1.95 bits per heavy atom. The Morgan fingerprint density at radius 1 is 1.26 bits per heavy atom. The molecule has 2 heterocycles. The normalized spacial score (nSPS) is 19.8. The first-order valence-corrected chi connectivity index (χ1v) is 7.92. The van der Waals surface area contributed by atoms with Crippen molar-refractivity contribution in [2.24, 2.45) is 0 Å². The van der Waals surface area contributed by atoms with Crippen molar-refractivity contribution < 1.29 is 13.5 Å². The SMILES string of the molecule is O=c1[nH]c2cc(O)ccc2n1C1CCS(=O)(=O)CC1. The maximum absolute atomic E-state index is 12.0. The van der Waals surface area contributed by atoms with Crippen molar-refractivity contribution in [3.05, 3.63) is 28.7 Å². The summed E-state index contributed by atoms with van der Waals surface area (Å²) >= 11 is 0. The molecule has 1 aliphatic heterocycles. The van der Waals surface area contributed by atoms with E-state index < -0.39 is 9.84 Å². The minimum atomic E-state index is -2.95. The summed E-state index contributed by atoms with van der Waals surface area (Å²) in [4.78, 5) is 14.7. The molecule has 1 aromatic carbocycles. The molecule has 2 N–H and O–H groups in total. The number of H-pyrrole nitrogens is 1. The number of aromatic amines is 1. The highest BCUT2D eigenvalue weighted by molar-refractivity contribution is 7.91. The van der Waals surface area contributed by atoms with Gasteiger partial charge in [0.05, 0.1) is 22.5 Å². The number of aromatic hydroxyl groups is 1. The number of phenols is 1. The quantitative estimate of drug-likeness (QED) is 0.808. The zero-order chi connectivity index (χ0) is 13.6. The molecule has 0 saturated carbocycles. The largest absolute Gasteiger partial charge is 0.508 e. The lowest BCUT2D eigenvalue weighted by molar-refractivity contribution is 0.449. The number of nitrogens with one attached hydrogen (secondary N) is 1. The first-order chi connectivity index (χ1) is 8.96. The van der Waals surface area contributed by atoms with Crippen molar-refractivity contribution in [2.75, 3.05) is 11.5 Å². The number of aromatic nitrogens is 2. The van der Waals surface area contributed by atoms with Crippen LogP contribution in [-0.4, -0.2) is 34.6 Å². The lowest BCUT2D eigenvalue weighted by atomic mass is 10.1. The molecule has 3 rings (SSSR count). The van der Waals surface area contributed by atoms with Gasteiger partial charge in [0, 0.05) is 12.1 Å². The molecule has 1 aromatic heterocycles. The van der Waals surface area contributed by atoms with Gasteiger partial charge in [-0.25, -0.2) is 13.2 Å². The van der Waals surface area contributed by atoms with Gasteiger partial charge in [0.1, 0.15) is 15.6 Å². The minimum Gasteiger partial charge on any atom is -0.508 e. The van der Waals surface area contributed by atoms with Crippen molar-refractivity contribution in [1.29, 1.82) is 0 Å². The minimum absolute atomic E-state index is 0.0899. The van der Waals surface area contributed by atoms with Crippen LogP contribution >= 0.6 is 0 Å². The number of phenolic OH excluding ortho intramolecular Hbond substituents is 1. The summed E-state index contributed by atoms with van der Waals surface area (Å²) in [6, 6.07) is 4.58. The molecule has 102 valence electrons. The van der Waals surface area contributed by atoms with Gasteiger partial charge in [-0.05, 0) is 25.0 Å². The summed E-state index contributed by atoms with van der Waals surface area (Å²) in [7, 11) is -2.95. The Kier molecular flexibility index (Phi) is 2.67. The number of sulfone groups is 1. The van der Waals surface area contributed by atoms with Gasteiger partial charge in [0.2, 0.25) is 0 Å². The average Bonchev–Trinajstić information content (AvgIpc) is 2.65. The molecule has 1 fully saturated rings. The third kappa shape index (κ3) is 2.14. The Bertz CT molecular complexity index is 774. The van der Waals surface area contributed by atoms with E-state index >= 15 is 0 Å². The van der Waals surface area contributed by atoms with Crippen LogP contribution < -0.4 is 5.69 Å². The highest BCUT2D eigenvalue weighted by atomic mass is 32.2. The number of rotatable bonds is 1. The summed E-state index contributed by atoms with van der Waals surface area (Å²) in [6.07, 6.45) is 0.909. The standard InChI is InChI=1S/C12H14N2O4S/c15-9-1-2-11-10(7-9)13-12(16)14(11)8-3-5-19(17,18)6-4-8/h1-2,7-8,15H,3-6H2,(H,13,16). The molecule has 0 atom stereocenters. The first-order valence-electron chi connectivity index (χ1n) is 6.10. The third-order valence-electron chi connectivity index (χ3n) is 3.59. The molecule has 2 aromatic rings. The number of imidazole rings is 1. The molecule has 19 heavy (non-hydrogen) atoms. The Hall–Kier alpha value is -1.76. The van der Waals surface area contributed by atoms with Gasteiger partial charge < -0.3 is 10.1 Å². The summed E-state index contributed by atoms with van der Waals surface area (Å²) in [5.41, 5.74) is 1.01. The molecule has 0 amide bonds. The molecule has 1 saturated heterocycles. The molecule has 6 nitrogen and oxygen atoms in total. The maximum Gasteiger partial charge on any atom is 0.326 e. The predicted molar refractivity (Wildman–Crippen MR) is 71.1 cm³/mol. The first kappa shape index (κ1) is 12.3. The highest BCUT2D eigenvalue weighted by Gasteiger charge is 2.26. The van der Waals surface area contributed by atoms with Crippen molar-refractivity contribution in [3.8, 4) is 5.75 Å². The number of nitrogens with zero attached hydrogens (tertiary/aromatic N) is 1. The van der Waals surface area contributed by atoms with Crippen molar-refractivity contribution in [1.82, 2.24) is 9.55 Å². The monoisotopic (exact) mass is 282 g/mol. The second-order valence-corrected chi connectivity index (χ2v) is 7.19. The van der Waals surface area contributed by atoms with Crippen LogP contribution in [0.1, 0.15) is 18.9 Å². The van der Waals surface area contributed by atoms with Gasteiger partial charge >= 0.3 is 5.69 Å².